The molecule has 0 aliphatic carbocycles. The molecule has 0 atom stereocenters. The summed E-state index contributed by atoms with van der Waals surface area (Å²) in [4.78, 5) is 43.4. The molecule has 0 aliphatic heterocycles. The summed E-state index contributed by atoms with van der Waals surface area (Å²) in [5, 5.41) is 0. The summed E-state index contributed by atoms with van der Waals surface area (Å²) in [5.74, 6) is 0. The van der Waals surface area contributed by atoms with Crippen molar-refractivity contribution in [3.8, 4) is 0 Å². The summed E-state index contributed by atoms with van der Waals surface area (Å²) in [6, 6.07) is 0. The van der Waals surface area contributed by atoms with Gasteiger partial charge in [-0.15, -0.1) is 0 Å². The fraction of sp³-hybridized carbons (Fsp3) is 0.250. The van der Waals surface area contributed by atoms with Gasteiger partial charge in [-0.1, -0.05) is 0 Å². The SMILES string of the molecule is C=O.C=O.C=O.C=O.C[C-]=O.[C-]#[N+]C.[Mn]. The van der Waals surface area contributed by atoms with Crippen molar-refractivity contribution in [1.29, 1.82) is 0 Å². The number of hydrogen-bond donors (Lipinski definition) is 0. The number of nitrogens with zero attached hydrogens (tertiary/aromatic N) is 1. The Kier molecular flexibility index (Phi) is 41500. The Morgan fingerprint density at radius 2 is 0.933 bits per heavy atom. The quantitative estimate of drug-likeness (QED) is 0.448. The van der Waals surface area contributed by atoms with Crippen molar-refractivity contribution in [2.24, 2.45) is 0 Å². The molecular formula is C8H14MnNO5-. The van der Waals surface area contributed by atoms with Crippen LogP contribution in [0.2, 0.25) is 0 Å². The summed E-state index contributed by atoms with van der Waals surface area (Å²) >= 11 is 0. The van der Waals surface area contributed by atoms with Gasteiger partial charge >= 0.3 is 0 Å². The summed E-state index contributed by atoms with van der Waals surface area (Å²) in [7, 11) is 1.42. The molecule has 0 N–H and O–H groups in total. The third-order valence-corrected chi connectivity index (χ3v) is 0. The van der Waals surface area contributed by atoms with Gasteiger partial charge in [0, 0.05) is 17.1 Å². The minimum absolute atomic E-state index is 0. The molecular weight excluding hydrogens is 245 g/mol. The van der Waals surface area contributed by atoms with E-state index in [2.05, 4.69) is 4.85 Å². The molecule has 0 fully saturated rings. The van der Waals surface area contributed by atoms with E-state index in [4.69, 9.17) is 30.5 Å². The molecule has 0 bridgehead atoms. The predicted octanol–water partition coefficient (Wildman–Crippen LogP) is -0.0906. The Bertz CT molecular complexity index is 99.7. The second kappa shape index (κ2) is 12300. The Morgan fingerprint density at radius 1 is 0.933 bits per heavy atom. The van der Waals surface area contributed by atoms with Gasteiger partial charge in [0.1, 0.15) is 27.2 Å². The van der Waals surface area contributed by atoms with E-state index in [1.54, 1.807) is 0 Å². The Labute approximate surface area is 100 Å². The van der Waals surface area contributed by atoms with Crippen molar-refractivity contribution < 1.29 is 41.0 Å². The fourth-order valence-corrected chi connectivity index (χ4v) is 0. The first-order valence-corrected chi connectivity index (χ1v) is 2.53. The van der Waals surface area contributed by atoms with Gasteiger partial charge in [0.2, 0.25) is 7.05 Å². The van der Waals surface area contributed by atoms with E-state index in [-0.39, 0.29) is 17.1 Å². The van der Waals surface area contributed by atoms with E-state index in [0.29, 0.717) is 0 Å². The van der Waals surface area contributed by atoms with E-state index in [1.807, 2.05) is 27.2 Å². The number of carbonyl (C=O) groups excluding carboxylic acids is 5. The minimum Gasteiger partial charge on any atom is -0.542 e. The Hall–Kier alpha value is -1.64. The van der Waals surface area contributed by atoms with Crippen LogP contribution in [0.5, 0.6) is 0 Å². The van der Waals surface area contributed by atoms with Crippen LogP contribution in [0.25, 0.3) is 4.85 Å². The van der Waals surface area contributed by atoms with E-state index in [0.717, 1.165) is 0 Å². The molecule has 0 aliphatic rings. The van der Waals surface area contributed by atoms with Gasteiger partial charge in [0.25, 0.3) is 0 Å². The number of rotatable bonds is 0. The predicted molar refractivity (Wildman–Crippen MR) is 52.4 cm³/mol. The van der Waals surface area contributed by atoms with Crippen LogP contribution >= 0.6 is 0 Å². The first kappa shape index (κ1) is 50.5. The van der Waals surface area contributed by atoms with Crippen molar-refractivity contribution in [3.05, 3.63) is 11.4 Å². The van der Waals surface area contributed by atoms with Crippen LogP contribution in [0.15, 0.2) is 0 Å². The number of carbonyl (C=O) groups is 4. The summed E-state index contributed by atoms with van der Waals surface area (Å²) < 4.78 is 0. The smallest absolute Gasteiger partial charge is 0.205 e. The monoisotopic (exact) mass is 259 g/mol. The van der Waals surface area contributed by atoms with Crippen LogP contribution < -0.4 is 0 Å². The minimum atomic E-state index is 0. The third-order valence-electron chi connectivity index (χ3n) is 0. The second-order valence-electron chi connectivity index (χ2n) is 0.428. The molecule has 89 valence electrons. The van der Waals surface area contributed by atoms with Gasteiger partial charge in [0.15, 0.2) is 0 Å². The van der Waals surface area contributed by atoms with Gasteiger partial charge in [-0.3, -0.25) is 6.29 Å². The van der Waals surface area contributed by atoms with Crippen molar-refractivity contribution in [2.75, 3.05) is 7.05 Å². The molecule has 0 aromatic heterocycles. The van der Waals surface area contributed by atoms with E-state index in [9.17, 15) is 0 Å². The zero-order chi connectivity index (χ0) is 13.4. The number of hydrogen-bond acceptors (Lipinski definition) is 5. The third kappa shape index (κ3) is 493. The van der Waals surface area contributed by atoms with Crippen molar-refractivity contribution in [1.82, 2.24) is 0 Å². The van der Waals surface area contributed by atoms with Gasteiger partial charge < -0.3 is 28.8 Å². The van der Waals surface area contributed by atoms with Gasteiger partial charge in [-0.05, 0) is 0 Å². The zero-order valence-corrected chi connectivity index (χ0v) is 9.88. The standard InChI is InChI=1S/C2H3N.C2H3O.4CH2O.Mn/c1-3-2;1-2-3;4*1-2;/h2*1H3;4*1H2;/q;-1;;;;;. The molecule has 0 rings (SSSR count). The van der Waals surface area contributed by atoms with Crippen LogP contribution in [-0.2, 0) is 41.0 Å². The molecule has 0 unspecified atom stereocenters. The molecule has 0 aromatic carbocycles. The van der Waals surface area contributed by atoms with Crippen LogP contribution in [0, 0.1) is 6.57 Å². The molecule has 1 radical (unpaired) electrons. The average molecular weight is 259 g/mol. The van der Waals surface area contributed by atoms with Gasteiger partial charge in [0.05, 0.1) is 0 Å². The molecule has 15 heavy (non-hydrogen) atoms. The Balaban J connectivity index is -0.0000000103. The molecule has 0 aromatic rings. The second-order valence-corrected chi connectivity index (χ2v) is 0.428. The maximum absolute atomic E-state index is 8.68. The average Bonchev–Trinajstić information content (AvgIpc) is 2.31. The van der Waals surface area contributed by atoms with Gasteiger partial charge in [-0.25, -0.2) is 6.57 Å². The molecule has 0 saturated carbocycles. The summed E-state index contributed by atoms with van der Waals surface area (Å²) in [6.45, 7) is 15.2. The molecule has 0 saturated heterocycles. The molecule has 7 heteroatoms. The maximum atomic E-state index is 8.68. The normalized spacial score (nSPS) is 2.47. The Morgan fingerprint density at radius 3 is 0.933 bits per heavy atom. The van der Waals surface area contributed by atoms with E-state index in [1.165, 1.54) is 20.3 Å². The molecule has 0 heterocycles. The first-order chi connectivity index (χ1) is 6.83. The van der Waals surface area contributed by atoms with Crippen LogP contribution in [0.1, 0.15) is 6.92 Å². The van der Waals surface area contributed by atoms with Crippen molar-refractivity contribution in [3.63, 3.8) is 0 Å². The van der Waals surface area contributed by atoms with Gasteiger partial charge in [-0.2, -0.15) is 6.92 Å². The molecule has 6 nitrogen and oxygen atoms in total. The topological polar surface area (TPSA) is 89.7 Å². The van der Waals surface area contributed by atoms with Crippen LogP contribution in [-0.4, -0.2) is 40.5 Å². The van der Waals surface area contributed by atoms with Crippen LogP contribution in [0.3, 0.4) is 0 Å². The van der Waals surface area contributed by atoms with Crippen molar-refractivity contribution >= 4 is 33.4 Å². The largest absolute Gasteiger partial charge is 0.542 e. The van der Waals surface area contributed by atoms with E-state index >= 15 is 0 Å². The summed E-state index contributed by atoms with van der Waals surface area (Å²) in [5.41, 5.74) is 0. The first-order valence-electron chi connectivity index (χ1n) is 2.53. The van der Waals surface area contributed by atoms with Crippen LogP contribution in [0.4, 0.5) is 0 Å². The fourth-order valence-electron chi connectivity index (χ4n) is 0. The zero-order valence-electron chi connectivity index (χ0n) is 8.69. The van der Waals surface area contributed by atoms with E-state index < -0.39 is 0 Å². The molecule has 0 spiro atoms. The molecule has 0 amide bonds. The maximum Gasteiger partial charge on any atom is 0.205 e. The summed E-state index contributed by atoms with van der Waals surface area (Å²) in [6.07, 6.45) is 1.50. The van der Waals surface area contributed by atoms with Crippen molar-refractivity contribution in [2.45, 2.75) is 6.92 Å².